The third-order valence-corrected chi connectivity index (χ3v) is 4.36. The predicted octanol–water partition coefficient (Wildman–Crippen LogP) is 3.99. The van der Waals surface area contributed by atoms with E-state index in [0.29, 0.717) is 6.61 Å². The Morgan fingerprint density at radius 2 is 1.95 bits per heavy atom. The molecule has 1 fully saturated rings. The van der Waals surface area contributed by atoms with Gasteiger partial charge in [0.1, 0.15) is 12.8 Å². The van der Waals surface area contributed by atoms with Crippen LogP contribution in [0.1, 0.15) is 24.8 Å². The van der Waals surface area contributed by atoms with Crippen molar-refractivity contribution in [1.82, 2.24) is 4.90 Å². The van der Waals surface area contributed by atoms with Crippen LogP contribution in [-0.4, -0.2) is 32.1 Å². The normalized spacial score (nSPS) is 19.4. The van der Waals surface area contributed by atoms with E-state index in [1.807, 2.05) is 30.3 Å². The van der Waals surface area contributed by atoms with E-state index in [4.69, 9.17) is 9.16 Å². The topological polar surface area (TPSA) is 38.8 Å². The van der Waals surface area contributed by atoms with Crippen molar-refractivity contribution in [1.29, 1.82) is 0 Å². The average molecular weight is 307 g/mol. The van der Waals surface area contributed by atoms with Gasteiger partial charge in [-0.15, -0.1) is 0 Å². The van der Waals surface area contributed by atoms with Crippen molar-refractivity contribution in [3.63, 3.8) is 0 Å². The fourth-order valence-electron chi connectivity index (χ4n) is 2.44. The van der Waals surface area contributed by atoms with Crippen molar-refractivity contribution < 1.29 is 14.0 Å². The standard InChI is InChI=1S/C16H25NO3Si/c1-21(2,3)20-15-11-7-8-12-17(15)16(18)19-13-14-9-5-4-6-10-14/h4-6,9-10,15H,7-8,11-13H2,1-3H3. The van der Waals surface area contributed by atoms with E-state index in [2.05, 4.69) is 19.6 Å². The summed E-state index contributed by atoms with van der Waals surface area (Å²) in [6.07, 6.45) is 2.66. The van der Waals surface area contributed by atoms with Crippen molar-refractivity contribution in [2.24, 2.45) is 0 Å². The molecule has 116 valence electrons. The lowest BCUT2D eigenvalue weighted by Gasteiger charge is -2.38. The van der Waals surface area contributed by atoms with Gasteiger partial charge in [-0.2, -0.15) is 0 Å². The van der Waals surface area contributed by atoms with Gasteiger partial charge in [-0.3, -0.25) is 4.90 Å². The average Bonchev–Trinajstić information content (AvgIpc) is 2.45. The monoisotopic (exact) mass is 307 g/mol. The number of amides is 1. The Morgan fingerprint density at radius 3 is 2.62 bits per heavy atom. The van der Waals surface area contributed by atoms with Crippen molar-refractivity contribution in [2.45, 2.75) is 51.7 Å². The van der Waals surface area contributed by atoms with E-state index >= 15 is 0 Å². The molecular weight excluding hydrogens is 282 g/mol. The first-order chi connectivity index (χ1) is 9.96. The molecule has 0 saturated carbocycles. The highest BCUT2D eigenvalue weighted by Crippen LogP contribution is 2.22. The first-order valence-electron chi connectivity index (χ1n) is 7.61. The number of carbonyl (C=O) groups is 1. The third kappa shape index (κ3) is 5.17. The summed E-state index contributed by atoms with van der Waals surface area (Å²) >= 11 is 0. The number of rotatable bonds is 4. The maximum atomic E-state index is 12.3. The van der Waals surface area contributed by atoms with Crippen molar-refractivity contribution in [3.05, 3.63) is 35.9 Å². The van der Waals surface area contributed by atoms with Gasteiger partial charge in [0.15, 0.2) is 8.32 Å². The van der Waals surface area contributed by atoms with E-state index < -0.39 is 8.32 Å². The molecule has 1 unspecified atom stereocenters. The summed E-state index contributed by atoms with van der Waals surface area (Å²) in [6.45, 7) is 7.48. The molecule has 0 spiro atoms. The Hall–Kier alpha value is -1.33. The minimum absolute atomic E-state index is 0.117. The fraction of sp³-hybridized carbons (Fsp3) is 0.562. The van der Waals surface area contributed by atoms with Crippen molar-refractivity contribution >= 4 is 14.4 Å². The van der Waals surface area contributed by atoms with Gasteiger partial charge in [0.05, 0.1) is 0 Å². The molecule has 1 amide bonds. The van der Waals surface area contributed by atoms with E-state index in [1.54, 1.807) is 4.90 Å². The Morgan fingerprint density at radius 1 is 1.24 bits per heavy atom. The summed E-state index contributed by atoms with van der Waals surface area (Å²) in [4.78, 5) is 14.1. The molecule has 0 aliphatic carbocycles. The summed E-state index contributed by atoms with van der Waals surface area (Å²) in [5.41, 5.74) is 1.01. The van der Waals surface area contributed by atoms with E-state index in [0.717, 1.165) is 31.4 Å². The molecule has 1 saturated heterocycles. The molecule has 2 rings (SSSR count). The molecule has 0 N–H and O–H groups in total. The van der Waals surface area contributed by atoms with Crippen LogP contribution in [0.25, 0.3) is 0 Å². The molecule has 1 aliphatic heterocycles. The van der Waals surface area contributed by atoms with Gasteiger partial charge in [0, 0.05) is 6.54 Å². The molecule has 0 radical (unpaired) electrons. The van der Waals surface area contributed by atoms with Crippen LogP contribution in [0.5, 0.6) is 0 Å². The van der Waals surface area contributed by atoms with Gasteiger partial charge in [-0.1, -0.05) is 30.3 Å². The van der Waals surface area contributed by atoms with E-state index in [9.17, 15) is 4.79 Å². The maximum Gasteiger partial charge on any atom is 0.412 e. The zero-order valence-electron chi connectivity index (χ0n) is 13.2. The number of ether oxygens (including phenoxy) is 1. The van der Waals surface area contributed by atoms with Crippen LogP contribution in [0, 0.1) is 0 Å². The molecular formula is C16H25NO3Si. The summed E-state index contributed by atoms with van der Waals surface area (Å²) < 4.78 is 11.6. The number of hydrogen-bond donors (Lipinski definition) is 0. The zero-order valence-corrected chi connectivity index (χ0v) is 14.2. The second-order valence-corrected chi connectivity index (χ2v) is 10.9. The Kier molecular flexibility index (Phi) is 5.42. The lowest BCUT2D eigenvalue weighted by Crippen LogP contribution is -2.49. The summed E-state index contributed by atoms with van der Waals surface area (Å²) in [6, 6.07) is 9.76. The van der Waals surface area contributed by atoms with Crippen LogP contribution in [0.2, 0.25) is 19.6 Å². The molecule has 1 aromatic rings. The van der Waals surface area contributed by atoms with Crippen LogP contribution in [-0.2, 0) is 15.8 Å². The lowest BCUT2D eigenvalue weighted by molar-refractivity contribution is -0.0126. The first-order valence-corrected chi connectivity index (χ1v) is 11.0. The highest BCUT2D eigenvalue weighted by atomic mass is 28.4. The van der Waals surface area contributed by atoms with Crippen LogP contribution in [0.3, 0.4) is 0 Å². The second kappa shape index (κ2) is 7.09. The fourth-order valence-corrected chi connectivity index (χ4v) is 3.50. The van der Waals surface area contributed by atoms with Crippen molar-refractivity contribution in [3.8, 4) is 0 Å². The van der Waals surface area contributed by atoms with Crippen LogP contribution >= 0.6 is 0 Å². The second-order valence-electron chi connectivity index (χ2n) is 6.41. The molecule has 1 aromatic carbocycles. The largest absolute Gasteiger partial charge is 0.444 e. The number of benzene rings is 1. The number of hydrogen-bond acceptors (Lipinski definition) is 3. The highest BCUT2D eigenvalue weighted by Gasteiger charge is 2.32. The Labute approximate surface area is 128 Å². The lowest BCUT2D eigenvalue weighted by atomic mass is 10.1. The van der Waals surface area contributed by atoms with Crippen LogP contribution in [0.4, 0.5) is 4.79 Å². The Balaban J connectivity index is 1.92. The number of carbonyl (C=O) groups excluding carboxylic acids is 1. The first kappa shape index (κ1) is 16.0. The van der Waals surface area contributed by atoms with Gasteiger partial charge in [0.2, 0.25) is 0 Å². The molecule has 0 aromatic heterocycles. The summed E-state index contributed by atoms with van der Waals surface area (Å²) in [5, 5.41) is 0. The third-order valence-electron chi connectivity index (χ3n) is 3.38. The maximum absolute atomic E-state index is 12.3. The summed E-state index contributed by atoms with van der Waals surface area (Å²) in [7, 11) is -1.67. The van der Waals surface area contributed by atoms with Gasteiger partial charge in [-0.25, -0.2) is 4.79 Å². The molecule has 5 heteroatoms. The van der Waals surface area contributed by atoms with E-state index in [-0.39, 0.29) is 12.3 Å². The smallest absolute Gasteiger partial charge is 0.412 e. The van der Waals surface area contributed by atoms with Gasteiger partial charge < -0.3 is 9.16 Å². The van der Waals surface area contributed by atoms with Gasteiger partial charge in [0.25, 0.3) is 0 Å². The molecule has 0 bridgehead atoms. The minimum atomic E-state index is -1.67. The van der Waals surface area contributed by atoms with Crippen LogP contribution in [0.15, 0.2) is 30.3 Å². The minimum Gasteiger partial charge on any atom is -0.444 e. The van der Waals surface area contributed by atoms with E-state index in [1.165, 1.54) is 0 Å². The molecule has 1 heterocycles. The number of nitrogens with zero attached hydrogens (tertiary/aromatic N) is 1. The SMILES string of the molecule is C[Si](C)(C)OC1CCCCN1C(=O)OCc1ccccc1. The Bertz CT molecular complexity index is 458. The van der Waals surface area contributed by atoms with Crippen molar-refractivity contribution in [2.75, 3.05) is 6.54 Å². The van der Waals surface area contributed by atoms with Crippen LogP contribution < -0.4 is 0 Å². The summed E-state index contributed by atoms with van der Waals surface area (Å²) in [5.74, 6) is 0. The number of likely N-dealkylation sites (tertiary alicyclic amines) is 1. The molecule has 4 nitrogen and oxygen atoms in total. The highest BCUT2D eigenvalue weighted by molar-refractivity contribution is 6.69. The number of piperidine rings is 1. The zero-order chi connectivity index (χ0) is 15.3. The molecule has 1 atom stereocenters. The molecule has 1 aliphatic rings. The predicted molar refractivity (Wildman–Crippen MR) is 85.4 cm³/mol. The van der Waals surface area contributed by atoms with Gasteiger partial charge in [-0.05, 0) is 44.5 Å². The van der Waals surface area contributed by atoms with Gasteiger partial charge >= 0.3 is 6.09 Å². The quantitative estimate of drug-likeness (QED) is 0.790. The molecule has 21 heavy (non-hydrogen) atoms.